The molecule has 0 rings (SSSR count). The molecular formula is C9H20ClNS. The minimum atomic E-state index is 0.822. The van der Waals surface area contributed by atoms with Gasteiger partial charge in [0.15, 0.2) is 0 Å². The van der Waals surface area contributed by atoms with Crippen LogP contribution < -0.4 is 0 Å². The van der Waals surface area contributed by atoms with Crippen molar-refractivity contribution in [2.75, 3.05) is 38.0 Å². The van der Waals surface area contributed by atoms with Crippen molar-refractivity contribution in [2.45, 2.75) is 19.3 Å². The fourth-order valence-electron chi connectivity index (χ4n) is 0.825. The Kier molecular flexibility index (Phi) is 10.2. The lowest BCUT2D eigenvalue weighted by Gasteiger charge is -2.08. The van der Waals surface area contributed by atoms with Gasteiger partial charge in [-0.1, -0.05) is 6.42 Å². The highest BCUT2D eigenvalue weighted by molar-refractivity contribution is 7.99. The van der Waals surface area contributed by atoms with Crippen molar-refractivity contribution in [3.8, 4) is 0 Å². The molecule has 0 amide bonds. The van der Waals surface area contributed by atoms with Gasteiger partial charge in [-0.05, 0) is 32.7 Å². The molecule has 0 aromatic carbocycles. The number of unbranched alkanes of at least 4 members (excludes halogenated alkanes) is 2. The van der Waals surface area contributed by atoms with E-state index in [4.69, 9.17) is 11.6 Å². The number of hydrogen-bond acceptors (Lipinski definition) is 2. The van der Waals surface area contributed by atoms with Gasteiger partial charge in [0.1, 0.15) is 0 Å². The number of alkyl halides is 1. The van der Waals surface area contributed by atoms with Crippen LogP contribution in [-0.2, 0) is 0 Å². The van der Waals surface area contributed by atoms with E-state index in [1.807, 2.05) is 11.8 Å². The summed E-state index contributed by atoms with van der Waals surface area (Å²) in [5.74, 6) is 3.38. The van der Waals surface area contributed by atoms with Gasteiger partial charge in [0.2, 0.25) is 0 Å². The zero-order valence-corrected chi connectivity index (χ0v) is 9.76. The highest BCUT2D eigenvalue weighted by Crippen LogP contribution is 2.06. The van der Waals surface area contributed by atoms with E-state index in [9.17, 15) is 0 Å². The topological polar surface area (TPSA) is 3.24 Å². The lowest BCUT2D eigenvalue weighted by molar-refractivity contribution is 0.437. The van der Waals surface area contributed by atoms with Crippen molar-refractivity contribution in [2.24, 2.45) is 0 Å². The van der Waals surface area contributed by atoms with Crippen LogP contribution in [0.25, 0.3) is 0 Å². The molecule has 0 aliphatic heterocycles. The molecule has 0 atom stereocenters. The summed E-state index contributed by atoms with van der Waals surface area (Å²) >= 11 is 7.62. The molecule has 0 radical (unpaired) electrons. The molecule has 0 aromatic heterocycles. The van der Waals surface area contributed by atoms with Crippen molar-refractivity contribution < 1.29 is 0 Å². The van der Waals surface area contributed by atoms with Gasteiger partial charge in [0.25, 0.3) is 0 Å². The van der Waals surface area contributed by atoms with Crippen molar-refractivity contribution in [3.05, 3.63) is 0 Å². The van der Waals surface area contributed by atoms with E-state index in [2.05, 4.69) is 19.0 Å². The Labute approximate surface area is 85.8 Å². The van der Waals surface area contributed by atoms with Crippen LogP contribution in [0.4, 0.5) is 0 Å². The Morgan fingerprint density at radius 3 is 2.42 bits per heavy atom. The number of thioether (sulfide) groups is 1. The van der Waals surface area contributed by atoms with Crippen molar-refractivity contribution in [1.29, 1.82) is 0 Å². The van der Waals surface area contributed by atoms with Crippen LogP contribution in [0.2, 0.25) is 0 Å². The summed E-state index contributed by atoms with van der Waals surface area (Å²) in [6, 6.07) is 0. The average Bonchev–Trinajstić information content (AvgIpc) is 2.02. The first-order chi connectivity index (χ1) is 5.77. The molecule has 1 nitrogen and oxygen atoms in total. The average molecular weight is 210 g/mol. The van der Waals surface area contributed by atoms with Crippen LogP contribution in [0, 0.1) is 0 Å². The van der Waals surface area contributed by atoms with Gasteiger partial charge in [0.05, 0.1) is 0 Å². The fourth-order valence-corrected chi connectivity index (χ4v) is 2.12. The van der Waals surface area contributed by atoms with E-state index >= 15 is 0 Å². The zero-order chi connectivity index (χ0) is 9.23. The van der Waals surface area contributed by atoms with E-state index in [-0.39, 0.29) is 0 Å². The van der Waals surface area contributed by atoms with Crippen molar-refractivity contribution >= 4 is 23.4 Å². The number of rotatable bonds is 8. The number of nitrogens with zero attached hydrogens (tertiary/aromatic N) is 1. The summed E-state index contributed by atoms with van der Waals surface area (Å²) in [6.07, 6.45) is 3.79. The Hall–Kier alpha value is 0.600. The second-order valence-electron chi connectivity index (χ2n) is 3.17. The summed E-state index contributed by atoms with van der Waals surface area (Å²) in [4.78, 5) is 2.23. The van der Waals surface area contributed by atoms with Crippen molar-refractivity contribution in [3.63, 3.8) is 0 Å². The SMILES string of the molecule is CN(C)CCSCCCCCCl. The molecule has 0 saturated heterocycles. The van der Waals surface area contributed by atoms with Gasteiger partial charge in [0, 0.05) is 18.2 Å². The highest BCUT2D eigenvalue weighted by Gasteiger charge is 1.91. The van der Waals surface area contributed by atoms with Gasteiger partial charge in [-0.2, -0.15) is 11.8 Å². The van der Waals surface area contributed by atoms with E-state index in [1.54, 1.807) is 0 Å². The minimum absolute atomic E-state index is 0.822. The Morgan fingerprint density at radius 1 is 1.08 bits per heavy atom. The van der Waals surface area contributed by atoms with Crippen molar-refractivity contribution in [1.82, 2.24) is 4.90 Å². The van der Waals surface area contributed by atoms with Crippen LogP contribution in [0.5, 0.6) is 0 Å². The highest BCUT2D eigenvalue weighted by atomic mass is 35.5. The van der Waals surface area contributed by atoms with Gasteiger partial charge in [-0.3, -0.25) is 0 Å². The van der Waals surface area contributed by atoms with Crippen LogP contribution in [-0.4, -0.2) is 42.9 Å². The fraction of sp³-hybridized carbons (Fsp3) is 1.00. The van der Waals surface area contributed by atoms with Crippen LogP contribution >= 0.6 is 23.4 Å². The predicted molar refractivity (Wildman–Crippen MR) is 60.5 cm³/mol. The monoisotopic (exact) mass is 209 g/mol. The minimum Gasteiger partial charge on any atom is -0.309 e. The van der Waals surface area contributed by atoms with Gasteiger partial charge in [-0.15, -0.1) is 11.6 Å². The zero-order valence-electron chi connectivity index (χ0n) is 8.18. The summed E-state index contributed by atoms with van der Waals surface area (Å²) in [6.45, 7) is 1.19. The first-order valence-electron chi connectivity index (χ1n) is 4.56. The summed E-state index contributed by atoms with van der Waals surface area (Å²) in [5, 5.41) is 0. The normalized spacial score (nSPS) is 11.0. The van der Waals surface area contributed by atoms with Crippen LogP contribution in [0.1, 0.15) is 19.3 Å². The number of halogens is 1. The summed E-state index contributed by atoms with van der Waals surface area (Å²) in [5.41, 5.74) is 0. The van der Waals surface area contributed by atoms with Crippen LogP contribution in [0.3, 0.4) is 0 Å². The Morgan fingerprint density at radius 2 is 1.83 bits per heavy atom. The first-order valence-corrected chi connectivity index (χ1v) is 6.24. The second-order valence-corrected chi connectivity index (χ2v) is 4.77. The molecule has 0 bridgehead atoms. The molecule has 0 aromatic rings. The van der Waals surface area contributed by atoms with E-state index in [1.165, 1.54) is 37.3 Å². The predicted octanol–water partition coefficient (Wildman–Crippen LogP) is 2.69. The quantitative estimate of drug-likeness (QED) is 0.447. The maximum atomic E-state index is 5.57. The number of hydrogen-bond donors (Lipinski definition) is 0. The second kappa shape index (κ2) is 9.69. The van der Waals surface area contributed by atoms with E-state index in [0.29, 0.717) is 0 Å². The molecule has 0 heterocycles. The molecule has 12 heavy (non-hydrogen) atoms. The molecule has 0 aliphatic carbocycles. The lowest BCUT2D eigenvalue weighted by atomic mass is 10.3. The third kappa shape index (κ3) is 10.6. The molecule has 0 saturated carbocycles. The van der Waals surface area contributed by atoms with Crippen LogP contribution in [0.15, 0.2) is 0 Å². The molecule has 0 unspecified atom stereocenters. The Balaban J connectivity index is 2.82. The maximum absolute atomic E-state index is 5.57. The lowest BCUT2D eigenvalue weighted by Crippen LogP contribution is -2.14. The third-order valence-corrected chi connectivity index (χ3v) is 2.92. The maximum Gasteiger partial charge on any atom is 0.0223 e. The first kappa shape index (κ1) is 12.6. The molecule has 0 fully saturated rings. The smallest absolute Gasteiger partial charge is 0.0223 e. The summed E-state index contributed by atoms with van der Waals surface area (Å²) in [7, 11) is 4.24. The molecule has 3 heteroatoms. The summed E-state index contributed by atoms with van der Waals surface area (Å²) < 4.78 is 0. The van der Waals surface area contributed by atoms with Gasteiger partial charge in [-0.25, -0.2) is 0 Å². The van der Waals surface area contributed by atoms with E-state index < -0.39 is 0 Å². The van der Waals surface area contributed by atoms with E-state index in [0.717, 1.165) is 5.88 Å². The van der Waals surface area contributed by atoms with Gasteiger partial charge >= 0.3 is 0 Å². The molecule has 0 spiro atoms. The largest absolute Gasteiger partial charge is 0.309 e. The van der Waals surface area contributed by atoms with Gasteiger partial charge < -0.3 is 4.90 Å². The third-order valence-electron chi connectivity index (χ3n) is 1.61. The molecule has 0 aliphatic rings. The standard InChI is InChI=1S/C9H20ClNS/c1-11(2)7-9-12-8-5-3-4-6-10/h3-9H2,1-2H3. The molecule has 0 N–H and O–H groups in total. The molecular weight excluding hydrogens is 190 g/mol. The molecule has 74 valence electrons. The Bertz CT molecular complexity index is 88.6.